The van der Waals surface area contributed by atoms with E-state index in [2.05, 4.69) is 9.97 Å². The van der Waals surface area contributed by atoms with Gasteiger partial charge in [-0.2, -0.15) is 9.97 Å². The zero-order valence-electron chi connectivity index (χ0n) is 16.5. The van der Waals surface area contributed by atoms with Gasteiger partial charge in [-0.15, -0.1) is 0 Å². The molecule has 0 saturated carbocycles. The number of aromatic amines is 3. The van der Waals surface area contributed by atoms with Gasteiger partial charge < -0.3 is 14.2 Å². The number of ether oxygens (including phenoxy) is 3. The van der Waals surface area contributed by atoms with Gasteiger partial charge in [-0.25, -0.2) is 19.2 Å². The van der Waals surface area contributed by atoms with E-state index in [1.54, 1.807) is 21.0 Å². The second-order valence-corrected chi connectivity index (χ2v) is 6.98. The fourth-order valence-corrected chi connectivity index (χ4v) is 3.53. The van der Waals surface area contributed by atoms with Crippen molar-refractivity contribution in [1.82, 2.24) is 24.9 Å². The maximum absolute atomic E-state index is 12.0. The molecule has 13 heteroatoms. The van der Waals surface area contributed by atoms with Crippen LogP contribution in [-0.2, 0) is 4.74 Å². The summed E-state index contributed by atoms with van der Waals surface area (Å²) >= 11 is 1.27. The van der Waals surface area contributed by atoms with E-state index in [1.807, 2.05) is 25.1 Å². The van der Waals surface area contributed by atoms with Crippen LogP contribution in [0.2, 0.25) is 0 Å². The Hall–Kier alpha value is -3.87. The summed E-state index contributed by atoms with van der Waals surface area (Å²) in [7, 11) is 3.05. The largest absolute Gasteiger partial charge is 0.481 e. The average molecular weight is 447 g/mol. The Morgan fingerprint density at radius 1 is 0.935 bits per heavy atom. The highest BCUT2D eigenvalue weighted by atomic mass is 32.2. The molecular formula is C18H17N5O7S. The molecule has 3 heterocycles. The molecule has 0 aliphatic carbocycles. The van der Waals surface area contributed by atoms with Gasteiger partial charge in [0.25, 0.3) is 0 Å². The van der Waals surface area contributed by atoms with Crippen molar-refractivity contribution in [3.05, 3.63) is 66.8 Å². The maximum atomic E-state index is 12.0. The Labute approximate surface area is 178 Å². The summed E-state index contributed by atoms with van der Waals surface area (Å²) in [5, 5.41) is 0.442. The number of esters is 1. The van der Waals surface area contributed by atoms with Crippen LogP contribution in [0.3, 0.4) is 0 Å². The number of hydrogen-bond donors (Lipinski definition) is 3. The van der Waals surface area contributed by atoms with Crippen molar-refractivity contribution in [2.75, 3.05) is 14.2 Å². The molecule has 1 aromatic carbocycles. The first-order chi connectivity index (χ1) is 14.8. The molecule has 12 nitrogen and oxygen atoms in total. The topological polar surface area (TPSA) is 169 Å². The second-order valence-electron chi connectivity index (χ2n) is 5.97. The second kappa shape index (κ2) is 9.30. The Morgan fingerprint density at radius 2 is 1.48 bits per heavy atom. The fourth-order valence-electron chi connectivity index (χ4n) is 2.61. The molecule has 0 spiro atoms. The highest BCUT2D eigenvalue weighted by molar-refractivity contribution is 7.99. The number of carbonyl (C=O) groups is 1. The molecule has 0 fully saturated rings. The first-order valence-corrected chi connectivity index (χ1v) is 9.54. The minimum Gasteiger partial charge on any atom is -0.481 e. The number of benzene rings is 1. The summed E-state index contributed by atoms with van der Waals surface area (Å²) in [5.74, 6) is 0.483. The minimum atomic E-state index is -0.802. The van der Waals surface area contributed by atoms with Crippen molar-refractivity contribution in [3.8, 4) is 11.8 Å². The lowest BCUT2D eigenvalue weighted by atomic mass is 10.1. The number of nitrogens with zero attached hydrogens (tertiary/aromatic N) is 2. The molecule has 1 aliphatic heterocycles. The molecule has 0 saturated heterocycles. The lowest BCUT2D eigenvalue weighted by Crippen LogP contribution is -2.34. The van der Waals surface area contributed by atoms with Crippen LogP contribution >= 0.6 is 11.8 Å². The van der Waals surface area contributed by atoms with Gasteiger partial charge in [-0.05, 0) is 24.8 Å². The zero-order valence-corrected chi connectivity index (χ0v) is 17.4. The Bertz CT molecular complexity index is 1180. The van der Waals surface area contributed by atoms with Crippen LogP contribution in [-0.4, -0.2) is 45.1 Å². The summed E-state index contributed by atoms with van der Waals surface area (Å²) in [6.07, 6.45) is -0.233. The number of cyclic esters (lactones) is 1. The number of fused-ring (bicyclic) bond motifs is 1. The van der Waals surface area contributed by atoms with E-state index in [-0.39, 0.29) is 12.1 Å². The molecule has 0 radical (unpaired) electrons. The van der Waals surface area contributed by atoms with E-state index >= 15 is 0 Å². The van der Waals surface area contributed by atoms with Crippen LogP contribution in [0.1, 0.15) is 28.9 Å². The number of carbonyl (C=O) groups excluding carboxylic acids is 1. The van der Waals surface area contributed by atoms with Crippen LogP contribution in [0.25, 0.3) is 0 Å². The van der Waals surface area contributed by atoms with E-state index in [0.717, 1.165) is 10.5 Å². The highest BCUT2D eigenvalue weighted by Gasteiger charge is 2.30. The lowest BCUT2D eigenvalue weighted by Gasteiger charge is -2.07. The number of methoxy groups -OCH3 is 2. The first-order valence-electron chi connectivity index (χ1n) is 8.72. The van der Waals surface area contributed by atoms with E-state index in [4.69, 9.17) is 14.2 Å². The molecule has 1 unspecified atom stereocenters. The SMILES string of the molecule is COc1cc(OC)nc(Sc2cccc3c2C(=O)OC3C)n1.O=c1[nH]c(=O)[nH]c(=O)[nH]1. The number of aromatic nitrogens is 5. The smallest absolute Gasteiger partial charge is 0.340 e. The first kappa shape index (κ1) is 21.8. The molecule has 3 N–H and O–H groups in total. The van der Waals surface area contributed by atoms with Gasteiger partial charge >= 0.3 is 23.0 Å². The van der Waals surface area contributed by atoms with Crippen molar-refractivity contribution in [2.24, 2.45) is 0 Å². The monoisotopic (exact) mass is 447 g/mol. The van der Waals surface area contributed by atoms with Gasteiger partial charge in [-0.3, -0.25) is 15.0 Å². The molecule has 4 rings (SSSR count). The fraction of sp³-hybridized carbons (Fsp3) is 0.222. The number of nitrogens with one attached hydrogen (secondary N) is 3. The number of hydrogen-bond acceptors (Lipinski definition) is 10. The summed E-state index contributed by atoms with van der Waals surface area (Å²) in [4.78, 5) is 57.2. The highest BCUT2D eigenvalue weighted by Crippen LogP contribution is 2.38. The average Bonchev–Trinajstić information content (AvgIpc) is 3.01. The zero-order chi connectivity index (χ0) is 22.5. The summed E-state index contributed by atoms with van der Waals surface area (Å²) in [6.45, 7) is 1.85. The molecule has 162 valence electrons. The van der Waals surface area contributed by atoms with Crippen molar-refractivity contribution >= 4 is 17.7 Å². The summed E-state index contributed by atoms with van der Waals surface area (Å²) in [6, 6.07) is 7.22. The van der Waals surface area contributed by atoms with Crippen molar-refractivity contribution in [1.29, 1.82) is 0 Å². The molecule has 0 amide bonds. The number of H-pyrrole nitrogens is 3. The predicted octanol–water partition coefficient (Wildman–Crippen LogP) is 0.628. The van der Waals surface area contributed by atoms with Gasteiger partial charge in [0, 0.05) is 10.5 Å². The Morgan fingerprint density at radius 3 is 2.00 bits per heavy atom. The van der Waals surface area contributed by atoms with E-state index < -0.39 is 17.1 Å². The van der Waals surface area contributed by atoms with Gasteiger partial charge in [-0.1, -0.05) is 12.1 Å². The standard InChI is InChI=1S/C15H14N2O4S.C3H3N3O3/c1-8-9-5-4-6-10(13(9)14(18)21-8)22-15-16-11(19-2)7-12(17-15)20-3;7-1-4-2(8)6-3(9)5-1/h4-8H,1-3H3;(H3,4,5,6,7,8,9). The molecule has 1 aliphatic rings. The molecule has 2 aromatic heterocycles. The summed E-state index contributed by atoms with van der Waals surface area (Å²) < 4.78 is 15.5. The Balaban J connectivity index is 0.000000254. The van der Waals surface area contributed by atoms with Gasteiger partial charge in [0.05, 0.1) is 25.8 Å². The van der Waals surface area contributed by atoms with Crippen LogP contribution in [0, 0.1) is 0 Å². The third-order valence-electron chi connectivity index (χ3n) is 3.94. The van der Waals surface area contributed by atoms with Gasteiger partial charge in [0.2, 0.25) is 11.8 Å². The van der Waals surface area contributed by atoms with Crippen LogP contribution in [0.5, 0.6) is 11.8 Å². The van der Waals surface area contributed by atoms with Crippen molar-refractivity contribution in [2.45, 2.75) is 23.1 Å². The maximum Gasteiger partial charge on any atom is 0.340 e. The summed E-state index contributed by atoms with van der Waals surface area (Å²) in [5.41, 5.74) is -0.952. The third-order valence-corrected chi connectivity index (χ3v) is 4.87. The van der Waals surface area contributed by atoms with Crippen LogP contribution in [0.4, 0.5) is 0 Å². The van der Waals surface area contributed by atoms with E-state index in [9.17, 15) is 19.2 Å². The molecule has 3 aromatic rings. The third kappa shape index (κ3) is 5.19. The van der Waals surface area contributed by atoms with Gasteiger partial charge in [0.1, 0.15) is 6.10 Å². The van der Waals surface area contributed by atoms with Gasteiger partial charge in [0.15, 0.2) is 5.16 Å². The molecular weight excluding hydrogens is 430 g/mol. The minimum absolute atomic E-state index is 0.233. The Kier molecular flexibility index (Phi) is 6.55. The van der Waals surface area contributed by atoms with Crippen LogP contribution < -0.4 is 26.5 Å². The molecule has 1 atom stereocenters. The van der Waals surface area contributed by atoms with Crippen molar-refractivity contribution < 1.29 is 19.0 Å². The van der Waals surface area contributed by atoms with Crippen LogP contribution in [0.15, 0.2) is 48.7 Å². The lowest BCUT2D eigenvalue weighted by molar-refractivity contribution is 0.0419. The quantitative estimate of drug-likeness (QED) is 0.381. The van der Waals surface area contributed by atoms with E-state index in [1.165, 1.54) is 26.0 Å². The predicted molar refractivity (Wildman–Crippen MR) is 108 cm³/mol. The molecule has 0 bridgehead atoms. The molecule has 31 heavy (non-hydrogen) atoms. The normalized spacial score (nSPS) is 14.2. The van der Waals surface area contributed by atoms with Crippen molar-refractivity contribution in [3.63, 3.8) is 0 Å². The van der Waals surface area contributed by atoms with E-state index in [0.29, 0.717) is 22.5 Å². The number of rotatable bonds is 4.